The van der Waals surface area contributed by atoms with Crippen molar-refractivity contribution in [3.05, 3.63) is 54.1 Å². The number of carbonyl (C=O) groups is 1. The summed E-state index contributed by atoms with van der Waals surface area (Å²) in [5.74, 6) is 0. The Morgan fingerprint density at radius 3 is 1.72 bits per heavy atom. The molecule has 25 heavy (non-hydrogen) atoms. The number of hydrogen-bond acceptors (Lipinski definition) is 4. The van der Waals surface area contributed by atoms with Gasteiger partial charge < -0.3 is 4.90 Å². The average Bonchev–Trinajstić information content (AvgIpc) is 2.67. The van der Waals surface area contributed by atoms with Gasteiger partial charge in [0.25, 0.3) is 0 Å². The van der Waals surface area contributed by atoms with Crippen LogP contribution >= 0.6 is 0 Å². The number of carbonyl (C=O) groups excluding carboxylic acids is 1. The van der Waals surface area contributed by atoms with Crippen molar-refractivity contribution >= 4 is 23.3 Å². The summed E-state index contributed by atoms with van der Waals surface area (Å²) in [6.45, 7) is 6.65. The molecule has 0 amide bonds. The van der Waals surface area contributed by atoms with Crippen molar-refractivity contribution in [2.75, 3.05) is 18.0 Å². The molecular weight excluding hydrogens is 310 g/mol. The highest BCUT2D eigenvalue weighted by Gasteiger charge is 2.05. The molecule has 0 saturated carbocycles. The molecular formula is C21H27N3O. The molecule has 4 nitrogen and oxygen atoms in total. The van der Waals surface area contributed by atoms with Crippen LogP contribution in [0, 0.1) is 0 Å². The molecule has 0 N–H and O–H groups in total. The predicted molar refractivity (Wildman–Crippen MR) is 104 cm³/mol. The van der Waals surface area contributed by atoms with Crippen LogP contribution < -0.4 is 4.90 Å². The van der Waals surface area contributed by atoms with Crippen LogP contribution in [0.2, 0.25) is 0 Å². The Bertz CT molecular complexity index is 655. The third-order valence-electron chi connectivity index (χ3n) is 4.09. The second-order valence-electron chi connectivity index (χ2n) is 6.12. The lowest BCUT2D eigenvalue weighted by molar-refractivity contribution is 0.112. The molecule has 2 aromatic carbocycles. The fourth-order valence-corrected chi connectivity index (χ4v) is 2.53. The number of rotatable bonds is 10. The monoisotopic (exact) mass is 337 g/mol. The van der Waals surface area contributed by atoms with E-state index in [4.69, 9.17) is 0 Å². The van der Waals surface area contributed by atoms with Crippen molar-refractivity contribution < 1.29 is 4.79 Å². The highest BCUT2D eigenvalue weighted by molar-refractivity contribution is 5.75. The second kappa shape index (κ2) is 10.4. The van der Waals surface area contributed by atoms with Gasteiger partial charge >= 0.3 is 0 Å². The Hall–Kier alpha value is -2.49. The van der Waals surface area contributed by atoms with Gasteiger partial charge in [-0.3, -0.25) is 4.79 Å². The van der Waals surface area contributed by atoms with Gasteiger partial charge in [-0.2, -0.15) is 10.2 Å². The van der Waals surface area contributed by atoms with Gasteiger partial charge in [0, 0.05) is 24.3 Å². The Labute approximate surface area is 150 Å². The molecule has 0 aliphatic rings. The summed E-state index contributed by atoms with van der Waals surface area (Å²) in [6, 6.07) is 15.3. The molecule has 2 aromatic rings. The predicted octanol–water partition coefficient (Wildman–Crippen LogP) is 6.32. The molecule has 0 saturated heterocycles. The Morgan fingerprint density at radius 1 is 0.800 bits per heavy atom. The number of anilines is 1. The van der Waals surface area contributed by atoms with E-state index in [0.29, 0.717) is 5.56 Å². The summed E-state index contributed by atoms with van der Waals surface area (Å²) in [7, 11) is 0. The van der Waals surface area contributed by atoms with Gasteiger partial charge in [-0.05, 0) is 61.4 Å². The SMILES string of the molecule is CCCCN(CCCC)c1ccc(N=Nc2ccc(C=O)cc2)cc1. The molecule has 0 aliphatic carbocycles. The normalized spacial score (nSPS) is 11.0. The van der Waals surface area contributed by atoms with Crippen molar-refractivity contribution in [2.24, 2.45) is 10.2 Å². The van der Waals surface area contributed by atoms with E-state index in [9.17, 15) is 4.79 Å². The largest absolute Gasteiger partial charge is 0.372 e. The first-order valence-electron chi connectivity index (χ1n) is 9.08. The summed E-state index contributed by atoms with van der Waals surface area (Å²) in [5, 5.41) is 8.50. The maximum Gasteiger partial charge on any atom is 0.150 e. The lowest BCUT2D eigenvalue weighted by Crippen LogP contribution is -2.25. The van der Waals surface area contributed by atoms with E-state index >= 15 is 0 Å². The van der Waals surface area contributed by atoms with Gasteiger partial charge in [-0.25, -0.2) is 0 Å². The van der Waals surface area contributed by atoms with Crippen LogP contribution in [0.4, 0.5) is 17.1 Å². The van der Waals surface area contributed by atoms with Gasteiger partial charge in [0.05, 0.1) is 11.4 Å². The van der Waals surface area contributed by atoms with Crippen molar-refractivity contribution in [3.63, 3.8) is 0 Å². The first-order valence-corrected chi connectivity index (χ1v) is 9.08. The van der Waals surface area contributed by atoms with Gasteiger partial charge in [0.1, 0.15) is 6.29 Å². The molecule has 0 aromatic heterocycles. The quantitative estimate of drug-likeness (QED) is 0.376. The van der Waals surface area contributed by atoms with Crippen LogP contribution in [0.25, 0.3) is 0 Å². The average molecular weight is 337 g/mol. The van der Waals surface area contributed by atoms with E-state index < -0.39 is 0 Å². The van der Waals surface area contributed by atoms with Crippen molar-refractivity contribution in [3.8, 4) is 0 Å². The van der Waals surface area contributed by atoms with Crippen molar-refractivity contribution in [1.82, 2.24) is 0 Å². The number of benzene rings is 2. The maximum absolute atomic E-state index is 10.7. The minimum atomic E-state index is 0.641. The van der Waals surface area contributed by atoms with Crippen molar-refractivity contribution in [1.29, 1.82) is 0 Å². The summed E-state index contributed by atoms with van der Waals surface area (Å²) in [5.41, 5.74) is 3.45. The fraction of sp³-hybridized carbons (Fsp3) is 0.381. The number of azo groups is 1. The van der Waals surface area contributed by atoms with Crippen LogP contribution in [0.5, 0.6) is 0 Å². The standard InChI is InChI=1S/C21H27N3O/c1-3-5-15-24(16-6-4-2)21-13-11-20(12-14-21)23-22-19-9-7-18(17-25)8-10-19/h7-14,17H,3-6,15-16H2,1-2H3. The smallest absolute Gasteiger partial charge is 0.150 e. The number of hydrogen-bond donors (Lipinski definition) is 0. The number of unbranched alkanes of at least 4 members (excludes halogenated alkanes) is 2. The highest BCUT2D eigenvalue weighted by Crippen LogP contribution is 2.23. The molecule has 132 valence electrons. The lowest BCUT2D eigenvalue weighted by Gasteiger charge is -2.24. The minimum Gasteiger partial charge on any atom is -0.372 e. The summed E-state index contributed by atoms with van der Waals surface area (Å²) in [6.07, 6.45) is 5.65. The molecule has 4 heteroatoms. The number of aldehydes is 1. The minimum absolute atomic E-state index is 0.641. The van der Waals surface area contributed by atoms with E-state index in [1.54, 1.807) is 24.3 Å². The molecule has 0 fully saturated rings. The first kappa shape index (κ1) is 18.8. The molecule has 0 unspecified atom stereocenters. The van der Waals surface area contributed by atoms with E-state index in [0.717, 1.165) is 30.8 Å². The van der Waals surface area contributed by atoms with Crippen LogP contribution in [-0.4, -0.2) is 19.4 Å². The third-order valence-corrected chi connectivity index (χ3v) is 4.09. The Morgan fingerprint density at radius 2 is 1.28 bits per heavy atom. The zero-order valence-electron chi connectivity index (χ0n) is 15.2. The zero-order chi connectivity index (χ0) is 17.9. The number of nitrogens with zero attached hydrogens (tertiary/aromatic N) is 3. The van der Waals surface area contributed by atoms with E-state index in [1.165, 1.54) is 31.4 Å². The Balaban J connectivity index is 2.03. The van der Waals surface area contributed by atoms with Gasteiger partial charge in [-0.1, -0.05) is 26.7 Å². The molecule has 0 atom stereocenters. The fourth-order valence-electron chi connectivity index (χ4n) is 2.53. The Kier molecular flexibility index (Phi) is 7.83. The van der Waals surface area contributed by atoms with Crippen LogP contribution in [0.3, 0.4) is 0 Å². The van der Waals surface area contributed by atoms with E-state index in [2.05, 4.69) is 41.1 Å². The molecule has 0 aliphatic heterocycles. The van der Waals surface area contributed by atoms with Crippen LogP contribution in [0.15, 0.2) is 58.8 Å². The topological polar surface area (TPSA) is 45.0 Å². The summed E-state index contributed by atoms with van der Waals surface area (Å²) >= 11 is 0. The lowest BCUT2D eigenvalue weighted by atomic mass is 10.2. The van der Waals surface area contributed by atoms with Crippen LogP contribution in [-0.2, 0) is 0 Å². The summed E-state index contributed by atoms with van der Waals surface area (Å²) < 4.78 is 0. The van der Waals surface area contributed by atoms with E-state index in [-0.39, 0.29) is 0 Å². The molecule has 0 bridgehead atoms. The first-order chi connectivity index (χ1) is 12.3. The zero-order valence-corrected chi connectivity index (χ0v) is 15.2. The molecule has 0 heterocycles. The highest BCUT2D eigenvalue weighted by atomic mass is 16.1. The molecule has 0 spiro atoms. The maximum atomic E-state index is 10.7. The van der Waals surface area contributed by atoms with Gasteiger partial charge in [0.15, 0.2) is 0 Å². The van der Waals surface area contributed by atoms with Crippen LogP contribution in [0.1, 0.15) is 49.9 Å². The third kappa shape index (κ3) is 6.14. The summed E-state index contributed by atoms with van der Waals surface area (Å²) in [4.78, 5) is 13.1. The van der Waals surface area contributed by atoms with Gasteiger partial charge in [0.2, 0.25) is 0 Å². The van der Waals surface area contributed by atoms with Gasteiger partial charge in [-0.15, -0.1) is 0 Å². The van der Waals surface area contributed by atoms with E-state index in [1.807, 2.05) is 12.1 Å². The molecule has 2 rings (SSSR count). The molecule has 0 radical (unpaired) electrons. The second-order valence-corrected chi connectivity index (χ2v) is 6.12. The van der Waals surface area contributed by atoms with Crippen molar-refractivity contribution in [2.45, 2.75) is 39.5 Å².